The summed E-state index contributed by atoms with van der Waals surface area (Å²) in [7, 11) is 3.10. The van der Waals surface area contributed by atoms with Gasteiger partial charge in [0.25, 0.3) is 5.91 Å². The van der Waals surface area contributed by atoms with Crippen LogP contribution in [0, 0.1) is 34.6 Å². The first-order chi connectivity index (χ1) is 14.3. The third-order valence-corrected chi connectivity index (χ3v) is 6.02. The molecule has 0 fully saturated rings. The van der Waals surface area contributed by atoms with E-state index < -0.39 is 0 Å². The van der Waals surface area contributed by atoms with Crippen molar-refractivity contribution in [3.8, 4) is 11.5 Å². The fourth-order valence-corrected chi connectivity index (χ4v) is 3.67. The molecule has 0 bridgehead atoms. The van der Waals surface area contributed by atoms with Crippen LogP contribution in [0.25, 0.3) is 0 Å². The molecule has 2 aromatic carbocycles. The summed E-state index contributed by atoms with van der Waals surface area (Å²) in [5, 5.41) is 2.85. The highest BCUT2D eigenvalue weighted by Crippen LogP contribution is 2.28. The monoisotopic (exact) mass is 407 g/mol. The van der Waals surface area contributed by atoms with Gasteiger partial charge in [0.05, 0.1) is 20.5 Å². The van der Waals surface area contributed by atoms with Gasteiger partial charge in [-0.2, -0.15) is 0 Å². The van der Waals surface area contributed by atoms with Crippen molar-refractivity contribution in [2.45, 2.75) is 41.2 Å². The summed E-state index contributed by atoms with van der Waals surface area (Å²) in [6.45, 7) is 11.6. The Bertz CT molecular complexity index is 1070. The minimum absolute atomic E-state index is 0.254. The second kappa shape index (κ2) is 8.61. The van der Waals surface area contributed by atoms with Gasteiger partial charge in [-0.25, -0.2) is 4.98 Å². The van der Waals surface area contributed by atoms with E-state index >= 15 is 0 Å². The van der Waals surface area contributed by atoms with Crippen LogP contribution >= 0.6 is 0 Å². The summed E-state index contributed by atoms with van der Waals surface area (Å²) in [6, 6.07) is 5.05. The summed E-state index contributed by atoms with van der Waals surface area (Å²) < 4.78 is 12.5. The predicted molar refractivity (Wildman–Crippen MR) is 119 cm³/mol. The van der Waals surface area contributed by atoms with Crippen LogP contribution in [0.1, 0.15) is 43.7 Å². The Morgan fingerprint density at radius 2 is 1.53 bits per heavy atom. The molecule has 1 aromatic heterocycles. The van der Waals surface area contributed by atoms with E-state index in [1.54, 1.807) is 38.7 Å². The molecule has 1 amide bonds. The molecule has 0 unspecified atom stereocenters. The number of amides is 1. The topological polar surface area (TPSA) is 65.4 Å². The molecular formula is C24H29N3O3. The predicted octanol–water partition coefficient (Wildman–Crippen LogP) is 4.74. The minimum Gasteiger partial charge on any atom is -0.493 e. The lowest BCUT2D eigenvalue weighted by Gasteiger charge is -2.19. The average Bonchev–Trinajstić information content (AvgIpc) is 3.20. The van der Waals surface area contributed by atoms with Gasteiger partial charge in [0.1, 0.15) is 0 Å². The number of nitrogens with zero attached hydrogens (tertiary/aromatic N) is 2. The first kappa shape index (κ1) is 21.4. The van der Waals surface area contributed by atoms with Crippen LogP contribution in [-0.2, 0) is 6.54 Å². The highest BCUT2D eigenvalue weighted by molar-refractivity contribution is 6.04. The number of hydrogen-bond acceptors (Lipinski definition) is 4. The lowest BCUT2D eigenvalue weighted by atomic mass is 9.89. The van der Waals surface area contributed by atoms with E-state index in [0.29, 0.717) is 29.4 Å². The molecule has 0 aliphatic carbocycles. The number of carbonyl (C=O) groups excluding carboxylic acids is 1. The molecule has 6 heteroatoms. The highest BCUT2D eigenvalue weighted by Gasteiger charge is 2.15. The number of benzene rings is 2. The maximum atomic E-state index is 12.6. The van der Waals surface area contributed by atoms with Crippen molar-refractivity contribution in [2.24, 2.45) is 0 Å². The van der Waals surface area contributed by atoms with Gasteiger partial charge in [-0.1, -0.05) is 0 Å². The molecule has 1 N–H and O–H groups in total. The number of imidazole rings is 1. The lowest BCUT2D eigenvalue weighted by Crippen LogP contribution is -2.12. The number of rotatable bonds is 6. The number of methoxy groups -OCH3 is 2. The Morgan fingerprint density at radius 1 is 0.933 bits per heavy atom. The zero-order valence-electron chi connectivity index (χ0n) is 18.7. The summed E-state index contributed by atoms with van der Waals surface area (Å²) in [5.74, 6) is 1.33. The van der Waals surface area contributed by atoms with Crippen molar-refractivity contribution in [3.63, 3.8) is 0 Å². The summed E-state index contributed by atoms with van der Waals surface area (Å²) in [6.07, 6.45) is 3.59. The largest absolute Gasteiger partial charge is 0.493 e. The smallest absolute Gasteiger partial charge is 0.256 e. The van der Waals surface area contributed by atoms with Crippen LogP contribution in [0.3, 0.4) is 0 Å². The van der Waals surface area contributed by atoms with Crippen LogP contribution in [0.5, 0.6) is 11.5 Å². The second-order valence-corrected chi connectivity index (χ2v) is 7.56. The van der Waals surface area contributed by atoms with Crippen LogP contribution in [0.15, 0.2) is 30.7 Å². The van der Waals surface area contributed by atoms with E-state index in [9.17, 15) is 4.79 Å². The van der Waals surface area contributed by atoms with Crippen LogP contribution in [0.4, 0.5) is 5.82 Å². The molecule has 0 radical (unpaired) electrons. The molecule has 0 spiro atoms. The first-order valence-corrected chi connectivity index (χ1v) is 9.87. The van der Waals surface area contributed by atoms with E-state index in [2.05, 4.69) is 44.9 Å². The second-order valence-electron chi connectivity index (χ2n) is 7.56. The van der Waals surface area contributed by atoms with E-state index in [-0.39, 0.29) is 5.91 Å². The molecule has 30 heavy (non-hydrogen) atoms. The zero-order chi connectivity index (χ0) is 22.0. The van der Waals surface area contributed by atoms with Gasteiger partial charge in [-0.05, 0) is 86.2 Å². The third kappa shape index (κ3) is 4.03. The molecule has 1 heterocycles. The summed E-state index contributed by atoms with van der Waals surface area (Å²) in [4.78, 5) is 17.0. The fourth-order valence-electron chi connectivity index (χ4n) is 3.67. The standard InChI is InChI=1S/C24H29N3O3/c1-14-15(2)17(4)20(18(5)16(14)3)11-27-12-23(25-13-27)26-24(28)19-8-9-21(29-6)22(10-19)30-7/h8-10,12-13H,11H2,1-7H3,(H,26,28). The van der Waals surface area contributed by atoms with Gasteiger partial charge in [-0.15, -0.1) is 0 Å². The van der Waals surface area contributed by atoms with Crippen LogP contribution in [-0.4, -0.2) is 29.7 Å². The Hall–Kier alpha value is -3.28. The van der Waals surface area contributed by atoms with Gasteiger partial charge in [0.15, 0.2) is 17.3 Å². The number of nitrogens with one attached hydrogen (secondary N) is 1. The van der Waals surface area contributed by atoms with Gasteiger partial charge in [-0.3, -0.25) is 4.79 Å². The summed E-state index contributed by atoms with van der Waals surface area (Å²) >= 11 is 0. The van der Waals surface area contributed by atoms with Crippen molar-refractivity contribution in [1.82, 2.24) is 9.55 Å². The highest BCUT2D eigenvalue weighted by atomic mass is 16.5. The third-order valence-electron chi connectivity index (χ3n) is 6.02. The molecule has 6 nitrogen and oxygen atoms in total. The maximum Gasteiger partial charge on any atom is 0.256 e. The average molecular weight is 408 g/mol. The van der Waals surface area contributed by atoms with Gasteiger partial charge in [0.2, 0.25) is 0 Å². The van der Waals surface area contributed by atoms with Crippen molar-refractivity contribution in [1.29, 1.82) is 0 Å². The molecule has 0 aliphatic rings. The Morgan fingerprint density at radius 3 is 2.13 bits per heavy atom. The number of carbonyl (C=O) groups is 1. The number of anilines is 1. The molecule has 158 valence electrons. The number of aromatic nitrogens is 2. The van der Waals surface area contributed by atoms with E-state index in [1.165, 1.54) is 33.4 Å². The van der Waals surface area contributed by atoms with Gasteiger partial charge in [0, 0.05) is 18.3 Å². The summed E-state index contributed by atoms with van der Waals surface area (Å²) in [5.41, 5.74) is 8.39. The number of ether oxygens (including phenoxy) is 2. The molecule has 3 aromatic rings. The van der Waals surface area contributed by atoms with Crippen LogP contribution < -0.4 is 14.8 Å². The van der Waals surface area contributed by atoms with Gasteiger partial charge >= 0.3 is 0 Å². The quantitative estimate of drug-likeness (QED) is 0.641. The molecule has 0 aliphatic heterocycles. The Labute approximate surface area is 177 Å². The molecular weight excluding hydrogens is 378 g/mol. The van der Waals surface area contributed by atoms with Gasteiger partial charge < -0.3 is 19.4 Å². The minimum atomic E-state index is -0.254. The SMILES string of the molecule is COc1ccc(C(=O)Nc2cn(Cc3c(C)c(C)c(C)c(C)c3C)cn2)cc1OC. The van der Waals surface area contributed by atoms with E-state index in [0.717, 1.165) is 0 Å². The van der Waals surface area contributed by atoms with Crippen molar-refractivity contribution in [2.75, 3.05) is 19.5 Å². The van der Waals surface area contributed by atoms with E-state index in [4.69, 9.17) is 9.47 Å². The number of hydrogen-bond donors (Lipinski definition) is 1. The van der Waals surface area contributed by atoms with Crippen LogP contribution in [0.2, 0.25) is 0 Å². The molecule has 3 rings (SSSR count). The van der Waals surface area contributed by atoms with Crippen molar-refractivity contribution >= 4 is 11.7 Å². The molecule has 0 saturated heterocycles. The van der Waals surface area contributed by atoms with Crippen molar-refractivity contribution in [3.05, 3.63) is 69.7 Å². The normalized spacial score (nSPS) is 10.8. The fraction of sp³-hybridized carbons (Fsp3) is 0.333. The first-order valence-electron chi connectivity index (χ1n) is 9.87. The molecule has 0 saturated carbocycles. The zero-order valence-corrected chi connectivity index (χ0v) is 18.7. The Balaban J connectivity index is 1.79. The Kier molecular flexibility index (Phi) is 6.15. The molecule has 0 atom stereocenters. The lowest BCUT2D eigenvalue weighted by molar-refractivity contribution is 0.102. The van der Waals surface area contributed by atoms with E-state index in [1.807, 2.05) is 10.8 Å². The van der Waals surface area contributed by atoms with Crippen molar-refractivity contribution < 1.29 is 14.3 Å². The maximum absolute atomic E-state index is 12.6.